The van der Waals surface area contributed by atoms with Crippen LogP contribution < -0.4 is 10.5 Å². The SMILES string of the molecule is Cc1sc2nc(S[C@H](C)C(=O)N3CCc4ccccc43)n(CC(C)C)c(=O)c2c1C. The number of nitrogens with zero attached hydrogens (tertiary/aromatic N) is 3. The van der Waals surface area contributed by atoms with Crippen molar-refractivity contribution in [2.75, 3.05) is 11.4 Å². The number of benzene rings is 1. The zero-order valence-electron chi connectivity index (χ0n) is 18.1. The fraction of sp³-hybridized carbons (Fsp3) is 0.435. The minimum atomic E-state index is -0.332. The van der Waals surface area contributed by atoms with E-state index in [1.54, 1.807) is 15.9 Å². The predicted octanol–water partition coefficient (Wildman–Crippen LogP) is 4.80. The van der Waals surface area contributed by atoms with Gasteiger partial charge < -0.3 is 4.90 Å². The van der Waals surface area contributed by atoms with Crippen LogP contribution in [0.4, 0.5) is 5.69 Å². The van der Waals surface area contributed by atoms with Crippen molar-refractivity contribution in [2.45, 2.75) is 58.0 Å². The van der Waals surface area contributed by atoms with Gasteiger partial charge in [-0.05, 0) is 50.3 Å². The van der Waals surface area contributed by atoms with Gasteiger partial charge in [-0.3, -0.25) is 14.2 Å². The second-order valence-electron chi connectivity index (χ2n) is 8.30. The van der Waals surface area contributed by atoms with Gasteiger partial charge in [0.25, 0.3) is 5.56 Å². The first-order valence-electron chi connectivity index (χ1n) is 10.3. The molecule has 3 aromatic rings. The quantitative estimate of drug-likeness (QED) is 0.422. The lowest BCUT2D eigenvalue weighted by Gasteiger charge is -2.22. The number of aromatic nitrogens is 2. The van der Waals surface area contributed by atoms with E-state index in [-0.39, 0.29) is 16.7 Å². The molecule has 1 aromatic carbocycles. The molecule has 0 N–H and O–H groups in total. The summed E-state index contributed by atoms with van der Waals surface area (Å²) in [6.45, 7) is 11.4. The number of thioether (sulfide) groups is 1. The first-order valence-corrected chi connectivity index (χ1v) is 12.0. The molecule has 4 rings (SSSR count). The molecular weight excluding hydrogens is 414 g/mol. The van der Waals surface area contributed by atoms with Crippen LogP contribution in [0, 0.1) is 19.8 Å². The summed E-state index contributed by atoms with van der Waals surface area (Å²) in [7, 11) is 0. The molecule has 1 atom stereocenters. The van der Waals surface area contributed by atoms with Crippen molar-refractivity contribution in [3.8, 4) is 0 Å². The topological polar surface area (TPSA) is 55.2 Å². The van der Waals surface area contributed by atoms with Crippen LogP contribution in [0.5, 0.6) is 0 Å². The maximum Gasteiger partial charge on any atom is 0.263 e. The van der Waals surface area contributed by atoms with E-state index in [0.717, 1.165) is 32.8 Å². The van der Waals surface area contributed by atoms with Gasteiger partial charge in [-0.2, -0.15) is 0 Å². The number of aryl methyl sites for hydroxylation is 2. The predicted molar refractivity (Wildman–Crippen MR) is 126 cm³/mol. The second kappa shape index (κ2) is 8.19. The summed E-state index contributed by atoms with van der Waals surface area (Å²) >= 11 is 2.95. The lowest BCUT2D eigenvalue weighted by molar-refractivity contribution is -0.117. The molecule has 0 fully saturated rings. The van der Waals surface area contributed by atoms with Gasteiger partial charge in [0.05, 0.1) is 10.6 Å². The van der Waals surface area contributed by atoms with E-state index in [4.69, 9.17) is 4.98 Å². The van der Waals surface area contributed by atoms with Gasteiger partial charge in [0, 0.05) is 23.7 Å². The van der Waals surface area contributed by atoms with Gasteiger partial charge in [0.15, 0.2) is 5.16 Å². The van der Waals surface area contributed by atoms with Gasteiger partial charge in [0.1, 0.15) is 4.83 Å². The average molecular weight is 442 g/mol. The highest BCUT2D eigenvalue weighted by molar-refractivity contribution is 8.00. The number of amides is 1. The molecular formula is C23H27N3O2S2. The van der Waals surface area contributed by atoms with Crippen LogP contribution in [0.3, 0.4) is 0 Å². The van der Waals surface area contributed by atoms with Crippen LogP contribution >= 0.6 is 23.1 Å². The van der Waals surface area contributed by atoms with Crippen LogP contribution in [0.15, 0.2) is 34.2 Å². The lowest BCUT2D eigenvalue weighted by Crippen LogP contribution is -2.36. The van der Waals surface area contributed by atoms with E-state index in [9.17, 15) is 9.59 Å². The summed E-state index contributed by atoms with van der Waals surface area (Å²) < 4.78 is 1.76. The lowest BCUT2D eigenvalue weighted by atomic mass is 10.2. The molecule has 0 saturated carbocycles. The number of thiophene rings is 1. The van der Waals surface area contributed by atoms with E-state index in [0.29, 0.717) is 24.2 Å². The largest absolute Gasteiger partial charge is 0.311 e. The van der Waals surface area contributed by atoms with E-state index < -0.39 is 0 Å². The normalized spacial score (nSPS) is 14.5. The smallest absolute Gasteiger partial charge is 0.263 e. The van der Waals surface area contributed by atoms with Crippen molar-refractivity contribution in [3.05, 3.63) is 50.6 Å². The Kier molecular flexibility index (Phi) is 5.77. The molecule has 30 heavy (non-hydrogen) atoms. The molecule has 0 aliphatic carbocycles. The van der Waals surface area contributed by atoms with Crippen molar-refractivity contribution < 1.29 is 4.79 Å². The third-order valence-electron chi connectivity index (χ3n) is 5.58. The Labute approximate surface area is 185 Å². The summed E-state index contributed by atoms with van der Waals surface area (Å²) in [5.74, 6) is 0.367. The monoisotopic (exact) mass is 441 g/mol. The molecule has 2 aromatic heterocycles. The summed E-state index contributed by atoms with van der Waals surface area (Å²) in [6, 6.07) is 8.07. The molecule has 0 saturated heterocycles. The molecule has 158 valence electrons. The minimum Gasteiger partial charge on any atom is -0.311 e. The molecule has 5 nitrogen and oxygen atoms in total. The maximum atomic E-state index is 13.3. The number of hydrogen-bond acceptors (Lipinski definition) is 5. The zero-order chi connectivity index (χ0) is 21.6. The van der Waals surface area contributed by atoms with E-state index in [1.807, 2.05) is 43.9 Å². The number of fused-ring (bicyclic) bond motifs is 2. The Morgan fingerprint density at radius 1 is 1.23 bits per heavy atom. The summed E-state index contributed by atoms with van der Waals surface area (Å²) in [4.78, 5) is 35.1. The number of hydrogen-bond donors (Lipinski definition) is 0. The van der Waals surface area contributed by atoms with Crippen LogP contribution in [-0.4, -0.2) is 27.3 Å². The fourth-order valence-electron chi connectivity index (χ4n) is 3.92. The number of para-hydroxylation sites is 1. The highest BCUT2D eigenvalue weighted by Gasteiger charge is 2.29. The molecule has 0 bridgehead atoms. The van der Waals surface area contributed by atoms with Gasteiger partial charge in [-0.15, -0.1) is 11.3 Å². The number of rotatable bonds is 5. The molecule has 3 heterocycles. The standard InChI is InChI=1S/C23H27N3O2S2/c1-13(2)12-26-22(28)19-14(3)15(4)29-20(19)24-23(26)30-16(5)21(27)25-11-10-17-8-6-7-9-18(17)25/h6-9,13,16H,10-12H2,1-5H3/t16-/m1/s1. The van der Waals surface area contributed by atoms with Crippen molar-refractivity contribution >= 4 is 44.9 Å². The molecule has 7 heteroatoms. The van der Waals surface area contributed by atoms with Crippen LogP contribution in [0.1, 0.15) is 36.8 Å². The molecule has 1 aliphatic rings. The first-order chi connectivity index (χ1) is 14.3. The van der Waals surface area contributed by atoms with E-state index in [2.05, 4.69) is 19.9 Å². The van der Waals surface area contributed by atoms with Gasteiger partial charge in [-0.25, -0.2) is 4.98 Å². The molecule has 0 spiro atoms. The third-order valence-corrected chi connectivity index (χ3v) is 7.76. The van der Waals surface area contributed by atoms with Gasteiger partial charge in [-0.1, -0.05) is 43.8 Å². The number of carbonyl (C=O) groups excluding carboxylic acids is 1. The van der Waals surface area contributed by atoms with Gasteiger partial charge >= 0.3 is 0 Å². The highest BCUT2D eigenvalue weighted by atomic mass is 32.2. The zero-order valence-corrected chi connectivity index (χ0v) is 19.7. The Bertz CT molecular complexity index is 1180. The fourth-order valence-corrected chi connectivity index (χ4v) is 5.97. The van der Waals surface area contributed by atoms with Crippen LogP contribution in [0.25, 0.3) is 10.2 Å². The van der Waals surface area contributed by atoms with Crippen molar-refractivity contribution in [3.63, 3.8) is 0 Å². The summed E-state index contributed by atoms with van der Waals surface area (Å²) in [5, 5.41) is 1.02. The molecule has 1 aliphatic heterocycles. The number of carbonyl (C=O) groups is 1. The van der Waals surface area contributed by atoms with Crippen molar-refractivity contribution in [1.82, 2.24) is 9.55 Å². The first kappa shape index (κ1) is 21.1. The highest BCUT2D eigenvalue weighted by Crippen LogP contribution is 2.33. The second-order valence-corrected chi connectivity index (χ2v) is 10.8. The Morgan fingerprint density at radius 3 is 2.70 bits per heavy atom. The Balaban J connectivity index is 1.69. The average Bonchev–Trinajstić information content (AvgIpc) is 3.25. The Morgan fingerprint density at radius 2 is 1.97 bits per heavy atom. The van der Waals surface area contributed by atoms with E-state index >= 15 is 0 Å². The number of anilines is 1. The van der Waals surface area contributed by atoms with Gasteiger partial charge in [0.2, 0.25) is 5.91 Å². The third kappa shape index (κ3) is 3.69. The van der Waals surface area contributed by atoms with Crippen molar-refractivity contribution in [1.29, 1.82) is 0 Å². The van der Waals surface area contributed by atoms with Crippen molar-refractivity contribution in [2.24, 2.45) is 5.92 Å². The van der Waals surface area contributed by atoms with E-state index in [1.165, 1.54) is 17.3 Å². The molecule has 0 unspecified atom stereocenters. The molecule has 1 amide bonds. The summed E-state index contributed by atoms with van der Waals surface area (Å²) in [5.41, 5.74) is 3.23. The summed E-state index contributed by atoms with van der Waals surface area (Å²) in [6.07, 6.45) is 0.884. The van der Waals surface area contributed by atoms with Crippen LogP contribution in [0.2, 0.25) is 0 Å². The Hall–Kier alpha value is -2.12. The minimum absolute atomic E-state index is 0.00390. The van der Waals surface area contributed by atoms with Crippen LogP contribution in [-0.2, 0) is 17.8 Å². The maximum absolute atomic E-state index is 13.3. The molecule has 0 radical (unpaired) electrons.